The first-order valence-electron chi connectivity index (χ1n) is 6.79. The smallest absolute Gasteiger partial charge is 0.123 e. The average Bonchev–Trinajstić information content (AvgIpc) is 2.90. The molecule has 94 valence electrons. The van der Waals surface area contributed by atoms with Crippen molar-refractivity contribution in [2.75, 3.05) is 11.9 Å². The molecule has 3 rings (SSSR count). The molecule has 0 atom stereocenters. The molecule has 0 amide bonds. The molecule has 0 aromatic heterocycles. The molecule has 1 aliphatic carbocycles. The summed E-state index contributed by atoms with van der Waals surface area (Å²) in [7, 11) is 0. The van der Waals surface area contributed by atoms with Gasteiger partial charge in [0.25, 0.3) is 0 Å². The number of rotatable bonds is 3. The monoisotopic (exact) mass is 241 g/mol. The summed E-state index contributed by atoms with van der Waals surface area (Å²) >= 11 is 0. The van der Waals surface area contributed by atoms with Gasteiger partial charge in [0.05, 0.1) is 0 Å². The molecule has 0 bridgehead atoms. The summed E-state index contributed by atoms with van der Waals surface area (Å²) in [5, 5.41) is 15.4. The van der Waals surface area contributed by atoms with Gasteiger partial charge in [-0.2, -0.15) is 0 Å². The first-order chi connectivity index (χ1) is 8.84. The summed E-state index contributed by atoms with van der Waals surface area (Å²) in [6.45, 7) is 1.05. The number of fused-ring (bicyclic) bond motifs is 1. The van der Waals surface area contributed by atoms with Crippen LogP contribution in [-0.4, -0.2) is 11.7 Å². The Morgan fingerprint density at radius 2 is 1.72 bits per heavy atom. The van der Waals surface area contributed by atoms with Gasteiger partial charge in [0, 0.05) is 23.0 Å². The zero-order valence-corrected chi connectivity index (χ0v) is 10.5. The van der Waals surface area contributed by atoms with Crippen LogP contribution in [0.15, 0.2) is 36.4 Å². The van der Waals surface area contributed by atoms with E-state index in [0.717, 1.165) is 28.9 Å². The number of aromatic hydroxyl groups is 1. The third-order valence-corrected chi connectivity index (χ3v) is 3.95. The van der Waals surface area contributed by atoms with Crippen molar-refractivity contribution in [3.05, 3.63) is 36.4 Å². The normalized spacial score (nSPS) is 16.2. The highest BCUT2D eigenvalue weighted by atomic mass is 16.3. The zero-order chi connectivity index (χ0) is 12.4. The van der Waals surface area contributed by atoms with Gasteiger partial charge < -0.3 is 10.4 Å². The number of phenols is 1. The van der Waals surface area contributed by atoms with E-state index in [4.69, 9.17) is 0 Å². The van der Waals surface area contributed by atoms with Crippen molar-refractivity contribution in [3.8, 4) is 5.75 Å². The van der Waals surface area contributed by atoms with Gasteiger partial charge in [-0.3, -0.25) is 0 Å². The molecular weight excluding hydrogens is 222 g/mol. The fourth-order valence-corrected chi connectivity index (χ4v) is 2.92. The van der Waals surface area contributed by atoms with Gasteiger partial charge in [0.15, 0.2) is 0 Å². The largest absolute Gasteiger partial charge is 0.507 e. The number of hydrogen-bond donors (Lipinski definition) is 2. The van der Waals surface area contributed by atoms with Crippen molar-refractivity contribution >= 4 is 16.5 Å². The fraction of sp³-hybridized carbons (Fsp3) is 0.375. The van der Waals surface area contributed by atoms with Gasteiger partial charge in [-0.05, 0) is 30.9 Å². The lowest BCUT2D eigenvalue weighted by Crippen LogP contribution is -2.11. The van der Waals surface area contributed by atoms with E-state index in [1.165, 1.54) is 25.7 Å². The summed E-state index contributed by atoms with van der Waals surface area (Å²) in [5.74, 6) is 1.18. The van der Waals surface area contributed by atoms with Gasteiger partial charge in [-0.1, -0.05) is 37.1 Å². The summed E-state index contributed by atoms with van der Waals surface area (Å²) in [6.07, 6.45) is 5.46. The second kappa shape index (κ2) is 4.89. The molecule has 2 heteroatoms. The Labute approximate surface area is 108 Å². The highest BCUT2D eigenvalue weighted by Gasteiger charge is 2.14. The van der Waals surface area contributed by atoms with E-state index in [-0.39, 0.29) is 0 Å². The van der Waals surface area contributed by atoms with E-state index in [9.17, 15) is 5.11 Å². The molecule has 0 radical (unpaired) electrons. The number of benzene rings is 2. The van der Waals surface area contributed by atoms with Crippen LogP contribution < -0.4 is 5.32 Å². The van der Waals surface area contributed by atoms with Crippen molar-refractivity contribution in [1.82, 2.24) is 0 Å². The fourth-order valence-electron chi connectivity index (χ4n) is 2.92. The lowest BCUT2D eigenvalue weighted by atomic mass is 10.1. The molecule has 2 N–H and O–H groups in total. The lowest BCUT2D eigenvalue weighted by molar-refractivity contribution is 0.481. The molecule has 2 aromatic rings. The van der Waals surface area contributed by atoms with E-state index < -0.39 is 0 Å². The first kappa shape index (κ1) is 11.4. The van der Waals surface area contributed by atoms with E-state index in [2.05, 4.69) is 17.4 Å². The van der Waals surface area contributed by atoms with Gasteiger partial charge in [-0.15, -0.1) is 0 Å². The quantitative estimate of drug-likeness (QED) is 0.846. The topological polar surface area (TPSA) is 32.3 Å². The van der Waals surface area contributed by atoms with Crippen molar-refractivity contribution in [2.45, 2.75) is 25.7 Å². The Kier molecular flexibility index (Phi) is 3.09. The molecule has 0 saturated heterocycles. The standard InChI is InChI=1S/C16H19NO/c18-16-10-4-7-13-14(16)8-3-9-15(13)17-11-12-5-1-2-6-12/h3-4,7-10,12,17-18H,1-2,5-6,11H2. The molecule has 0 heterocycles. The molecule has 1 aliphatic rings. The molecule has 0 unspecified atom stereocenters. The molecule has 0 aliphatic heterocycles. The molecule has 1 fully saturated rings. The van der Waals surface area contributed by atoms with Crippen LogP contribution >= 0.6 is 0 Å². The number of hydrogen-bond acceptors (Lipinski definition) is 2. The van der Waals surface area contributed by atoms with Crippen molar-refractivity contribution in [2.24, 2.45) is 5.92 Å². The molecule has 0 spiro atoms. The highest BCUT2D eigenvalue weighted by molar-refractivity contribution is 5.97. The van der Waals surface area contributed by atoms with E-state index in [0.29, 0.717) is 5.75 Å². The maximum Gasteiger partial charge on any atom is 0.123 e. The van der Waals surface area contributed by atoms with Gasteiger partial charge in [0.1, 0.15) is 5.75 Å². The molecule has 2 aromatic carbocycles. The lowest BCUT2D eigenvalue weighted by Gasteiger charge is -2.14. The molecule has 2 nitrogen and oxygen atoms in total. The third-order valence-electron chi connectivity index (χ3n) is 3.95. The van der Waals surface area contributed by atoms with Crippen molar-refractivity contribution < 1.29 is 5.11 Å². The molecular formula is C16H19NO. The predicted octanol–water partition coefficient (Wildman–Crippen LogP) is 4.15. The minimum Gasteiger partial charge on any atom is -0.507 e. The van der Waals surface area contributed by atoms with Crippen LogP contribution in [-0.2, 0) is 0 Å². The number of anilines is 1. The van der Waals surface area contributed by atoms with Crippen molar-refractivity contribution in [3.63, 3.8) is 0 Å². The Morgan fingerprint density at radius 3 is 2.56 bits per heavy atom. The minimum atomic E-state index is 0.358. The summed E-state index contributed by atoms with van der Waals surface area (Å²) in [5.41, 5.74) is 1.13. The van der Waals surface area contributed by atoms with Crippen molar-refractivity contribution in [1.29, 1.82) is 0 Å². The second-order valence-corrected chi connectivity index (χ2v) is 5.21. The maximum absolute atomic E-state index is 9.85. The first-order valence-corrected chi connectivity index (χ1v) is 6.79. The summed E-state index contributed by atoms with van der Waals surface area (Å²) < 4.78 is 0. The van der Waals surface area contributed by atoms with Crippen LogP contribution in [0, 0.1) is 5.92 Å². The Balaban J connectivity index is 1.85. The number of nitrogens with one attached hydrogen (secondary N) is 1. The molecule has 18 heavy (non-hydrogen) atoms. The van der Waals surface area contributed by atoms with Crippen LogP contribution in [0.25, 0.3) is 10.8 Å². The zero-order valence-electron chi connectivity index (χ0n) is 10.5. The highest BCUT2D eigenvalue weighted by Crippen LogP contribution is 2.31. The van der Waals surface area contributed by atoms with Gasteiger partial charge in [0.2, 0.25) is 0 Å². The SMILES string of the molecule is Oc1cccc2c(NCC3CCCC3)cccc12. The second-order valence-electron chi connectivity index (χ2n) is 5.21. The molecule has 1 saturated carbocycles. The van der Waals surface area contributed by atoms with Gasteiger partial charge in [-0.25, -0.2) is 0 Å². The van der Waals surface area contributed by atoms with Crippen LogP contribution in [0.3, 0.4) is 0 Å². The maximum atomic E-state index is 9.85. The average molecular weight is 241 g/mol. The summed E-state index contributed by atoms with van der Waals surface area (Å²) in [6, 6.07) is 11.8. The Hall–Kier alpha value is -1.70. The van der Waals surface area contributed by atoms with Crippen LogP contribution in [0.2, 0.25) is 0 Å². The minimum absolute atomic E-state index is 0.358. The predicted molar refractivity (Wildman–Crippen MR) is 76.1 cm³/mol. The summed E-state index contributed by atoms with van der Waals surface area (Å²) in [4.78, 5) is 0. The third kappa shape index (κ3) is 2.15. The van der Waals surface area contributed by atoms with E-state index in [1.807, 2.05) is 18.2 Å². The van der Waals surface area contributed by atoms with E-state index >= 15 is 0 Å². The van der Waals surface area contributed by atoms with Crippen LogP contribution in [0.4, 0.5) is 5.69 Å². The van der Waals surface area contributed by atoms with E-state index in [1.54, 1.807) is 6.07 Å². The Bertz CT molecular complexity index is 544. The van der Waals surface area contributed by atoms with Crippen LogP contribution in [0.1, 0.15) is 25.7 Å². The Morgan fingerprint density at radius 1 is 1.00 bits per heavy atom. The van der Waals surface area contributed by atoms with Gasteiger partial charge >= 0.3 is 0 Å². The van der Waals surface area contributed by atoms with Crippen LogP contribution in [0.5, 0.6) is 5.75 Å². The number of phenolic OH excluding ortho intramolecular Hbond substituents is 1.